The summed E-state index contributed by atoms with van der Waals surface area (Å²) in [6, 6.07) is 10.2. The maximum absolute atomic E-state index is 12.5. The van der Waals surface area contributed by atoms with Gasteiger partial charge in [-0.25, -0.2) is 0 Å². The van der Waals surface area contributed by atoms with Gasteiger partial charge in [0.15, 0.2) is 0 Å². The Labute approximate surface area is 168 Å². The zero-order valence-corrected chi connectivity index (χ0v) is 16.5. The van der Waals surface area contributed by atoms with Crippen molar-refractivity contribution in [1.29, 1.82) is 0 Å². The first-order chi connectivity index (χ1) is 13.8. The van der Waals surface area contributed by atoms with Crippen LogP contribution in [-0.2, 0) is 14.9 Å². The van der Waals surface area contributed by atoms with Crippen LogP contribution < -0.4 is 4.18 Å². The quantitative estimate of drug-likeness (QED) is 0.384. The number of benzene rings is 2. The maximum Gasteiger partial charge on any atom is 0.339 e. The third-order valence-corrected chi connectivity index (χ3v) is 5.72. The number of nitro benzene ring substituents is 1. The van der Waals surface area contributed by atoms with Crippen molar-refractivity contribution in [3.63, 3.8) is 0 Å². The summed E-state index contributed by atoms with van der Waals surface area (Å²) in [6.45, 7) is 1.19. The van der Waals surface area contributed by atoms with Gasteiger partial charge >= 0.3 is 10.1 Å². The lowest BCUT2D eigenvalue weighted by molar-refractivity contribution is -0.385. The largest absolute Gasteiger partial charge is 0.379 e. The third-order valence-electron chi connectivity index (χ3n) is 4.47. The smallest absolute Gasteiger partial charge is 0.339 e. The summed E-state index contributed by atoms with van der Waals surface area (Å²) < 4.78 is 35.3. The van der Waals surface area contributed by atoms with Crippen molar-refractivity contribution in [2.75, 3.05) is 20.2 Å². The fraction of sp³-hybridized carbons (Fsp3) is 0.316. The highest BCUT2D eigenvalue weighted by atomic mass is 32.2. The van der Waals surface area contributed by atoms with Gasteiger partial charge in [0.25, 0.3) is 11.6 Å². The van der Waals surface area contributed by atoms with Crippen LogP contribution in [0.3, 0.4) is 0 Å². The van der Waals surface area contributed by atoms with Crippen LogP contribution in [0.25, 0.3) is 0 Å². The number of rotatable bonds is 7. The van der Waals surface area contributed by atoms with E-state index in [2.05, 4.69) is 0 Å². The SMILES string of the molecule is CN(CC1CCCO1)C(=O)c1ccc(OS(=O)(=O)c2cccc([N+](=O)[O-])c2)cc1. The van der Waals surface area contributed by atoms with E-state index in [1.54, 1.807) is 11.9 Å². The molecule has 0 spiro atoms. The Hall–Kier alpha value is -2.98. The van der Waals surface area contributed by atoms with Crippen molar-refractivity contribution >= 4 is 21.7 Å². The van der Waals surface area contributed by atoms with Gasteiger partial charge in [0.2, 0.25) is 0 Å². The number of likely N-dealkylation sites (N-methyl/N-ethyl adjacent to an activating group) is 1. The van der Waals surface area contributed by atoms with E-state index < -0.39 is 15.0 Å². The van der Waals surface area contributed by atoms with Crippen LogP contribution >= 0.6 is 0 Å². The summed E-state index contributed by atoms with van der Waals surface area (Å²) in [4.78, 5) is 23.9. The zero-order valence-electron chi connectivity index (χ0n) is 15.7. The summed E-state index contributed by atoms with van der Waals surface area (Å²) >= 11 is 0. The third kappa shape index (κ3) is 5.09. The molecular weight excluding hydrogens is 400 g/mol. The Kier molecular flexibility index (Phi) is 6.14. The first kappa shape index (κ1) is 20.7. The van der Waals surface area contributed by atoms with Crippen LogP contribution in [0.1, 0.15) is 23.2 Å². The topological polar surface area (TPSA) is 116 Å². The highest BCUT2D eigenvalue weighted by Crippen LogP contribution is 2.23. The predicted octanol–water partition coefficient (Wildman–Crippen LogP) is 2.61. The van der Waals surface area contributed by atoms with E-state index in [4.69, 9.17) is 8.92 Å². The Balaban J connectivity index is 1.68. The molecule has 0 N–H and O–H groups in total. The molecule has 10 heteroatoms. The van der Waals surface area contributed by atoms with E-state index in [0.29, 0.717) is 18.7 Å². The zero-order chi connectivity index (χ0) is 21.0. The number of ether oxygens (including phenoxy) is 1. The number of hydrogen-bond donors (Lipinski definition) is 0. The maximum atomic E-state index is 12.5. The van der Waals surface area contributed by atoms with E-state index in [-0.39, 0.29) is 28.3 Å². The van der Waals surface area contributed by atoms with Gasteiger partial charge in [0.1, 0.15) is 10.6 Å². The van der Waals surface area contributed by atoms with Crippen molar-refractivity contribution < 1.29 is 27.1 Å². The molecule has 2 aromatic rings. The molecule has 1 heterocycles. The molecule has 1 aliphatic heterocycles. The van der Waals surface area contributed by atoms with Gasteiger partial charge in [0.05, 0.1) is 11.0 Å². The highest BCUT2D eigenvalue weighted by Gasteiger charge is 2.22. The number of amides is 1. The van der Waals surface area contributed by atoms with Crippen molar-refractivity contribution in [2.45, 2.75) is 23.8 Å². The summed E-state index contributed by atoms with van der Waals surface area (Å²) in [7, 11) is -2.57. The van der Waals surface area contributed by atoms with E-state index in [9.17, 15) is 23.3 Å². The minimum absolute atomic E-state index is 0.00478. The Morgan fingerprint density at radius 2 is 2.00 bits per heavy atom. The minimum Gasteiger partial charge on any atom is -0.379 e. The van der Waals surface area contributed by atoms with E-state index in [1.807, 2.05) is 0 Å². The number of carbonyl (C=O) groups excluding carboxylic acids is 1. The second-order valence-electron chi connectivity index (χ2n) is 6.64. The van der Waals surface area contributed by atoms with Crippen molar-refractivity contribution in [3.05, 3.63) is 64.2 Å². The number of non-ortho nitro benzene ring substituents is 1. The molecule has 1 atom stereocenters. The minimum atomic E-state index is -4.25. The molecule has 1 amide bonds. The fourth-order valence-electron chi connectivity index (χ4n) is 2.98. The first-order valence-corrected chi connectivity index (χ1v) is 10.3. The Morgan fingerprint density at radius 1 is 1.28 bits per heavy atom. The molecule has 1 saturated heterocycles. The molecule has 1 fully saturated rings. The first-order valence-electron chi connectivity index (χ1n) is 8.92. The van der Waals surface area contributed by atoms with Gasteiger partial charge in [-0.15, -0.1) is 0 Å². The summed E-state index contributed by atoms with van der Waals surface area (Å²) in [6.07, 6.45) is 1.93. The van der Waals surface area contributed by atoms with Gasteiger partial charge in [-0.2, -0.15) is 8.42 Å². The molecule has 29 heavy (non-hydrogen) atoms. The lowest BCUT2D eigenvalue weighted by atomic mass is 10.1. The van der Waals surface area contributed by atoms with E-state index in [0.717, 1.165) is 18.9 Å². The van der Waals surface area contributed by atoms with Crippen LogP contribution in [0.5, 0.6) is 5.75 Å². The van der Waals surface area contributed by atoms with Crippen LogP contribution in [0.2, 0.25) is 0 Å². The van der Waals surface area contributed by atoms with Crippen LogP contribution in [-0.4, -0.2) is 50.5 Å². The average molecular weight is 420 g/mol. The summed E-state index contributed by atoms with van der Waals surface area (Å²) in [5.74, 6) is -0.219. The standard InChI is InChI=1S/C19H20N2O7S/c1-20(13-17-5-3-11-27-17)19(22)14-7-9-16(10-8-14)28-29(25,26)18-6-2-4-15(12-18)21(23)24/h2,4,6-10,12,17H,3,5,11,13H2,1H3. The van der Waals surface area contributed by atoms with Gasteiger partial charge < -0.3 is 13.8 Å². The van der Waals surface area contributed by atoms with Gasteiger partial charge in [-0.05, 0) is 43.2 Å². The molecule has 1 unspecified atom stereocenters. The normalized spacial score (nSPS) is 16.4. The fourth-order valence-corrected chi connectivity index (χ4v) is 3.95. The number of nitro groups is 1. The Morgan fingerprint density at radius 3 is 2.62 bits per heavy atom. The molecule has 0 aromatic heterocycles. The number of hydrogen-bond acceptors (Lipinski definition) is 7. The summed E-state index contributed by atoms with van der Waals surface area (Å²) in [5.41, 5.74) is 0.0236. The highest BCUT2D eigenvalue weighted by molar-refractivity contribution is 7.87. The van der Waals surface area contributed by atoms with Crippen LogP contribution in [0.4, 0.5) is 5.69 Å². The molecule has 9 nitrogen and oxygen atoms in total. The molecule has 1 aliphatic rings. The molecule has 0 aliphatic carbocycles. The summed E-state index contributed by atoms with van der Waals surface area (Å²) in [5, 5.41) is 10.8. The molecule has 2 aromatic carbocycles. The second-order valence-corrected chi connectivity index (χ2v) is 8.18. The molecule has 3 rings (SSSR count). The number of nitrogens with zero attached hydrogens (tertiary/aromatic N) is 2. The lowest BCUT2D eigenvalue weighted by Gasteiger charge is -2.21. The van der Waals surface area contributed by atoms with Crippen LogP contribution in [0.15, 0.2) is 53.4 Å². The molecule has 0 saturated carbocycles. The lowest BCUT2D eigenvalue weighted by Crippen LogP contribution is -2.34. The van der Waals surface area contributed by atoms with E-state index in [1.165, 1.54) is 42.5 Å². The molecule has 154 valence electrons. The average Bonchev–Trinajstić information content (AvgIpc) is 3.21. The molecule has 0 bridgehead atoms. The monoisotopic (exact) mass is 420 g/mol. The Bertz CT molecular complexity index is 999. The van der Waals surface area contributed by atoms with Gasteiger partial charge in [0, 0.05) is 37.9 Å². The number of carbonyl (C=O) groups is 1. The second kappa shape index (κ2) is 8.58. The predicted molar refractivity (Wildman–Crippen MR) is 103 cm³/mol. The molecule has 0 radical (unpaired) electrons. The van der Waals surface area contributed by atoms with Crippen molar-refractivity contribution in [2.24, 2.45) is 0 Å². The van der Waals surface area contributed by atoms with Crippen molar-refractivity contribution in [1.82, 2.24) is 4.90 Å². The van der Waals surface area contributed by atoms with Crippen molar-refractivity contribution in [3.8, 4) is 5.75 Å². The van der Waals surface area contributed by atoms with Gasteiger partial charge in [-0.1, -0.05) is 6.07 Å². The van der Waals surface area contributed by atoms with Gasteiger partial charge in [-0.3, -0.25) is 14.9 Å². The van der Waals surface area contributed by atoms with E-state index >= 15 is 0 Å². The molecular formula is C19H20N2O7S. The van der Waals surface area contributed by atoms with Crippen LogP contribution in [0, 0.1) is 10.1 Å².